The van der Waals surface area contributed by atoms with Gasteiger partial charge in [0.15, 0.2) is 15.6 Å². The van der Waals surface area contributed by atoms with Crippen molar-refractivity contribution in [3.8, 4) is 0 Å². The van der Waals surface area contributed by atoms with E-state index in [-0.39, 0.29) is 36.8 Å². The first kappa shape index (κ1) is 31.2. The maximum atomic E-state index is 13.9. The SMILES string of the molecule is NCc1ccc(Cl)cc1CCC(=O)[C@@H]1CCCN1C(=O)[C@@H](CC(=O)N1CC[C@@H](O)C1)CS(=O)(=O)Cc1ccccc1. The summed E-state index contributed by atoms with van der Waals surface area (Å²) < 4.78 is 26.4. The van der Waals surface area contributed by atoms with Crippen LogP contribution in [0.15, 0.2) is 48.5 Å². The van der Waals surface area contributed by atoms with Crippen LogP contribution in [-0.4, -0.2) is 78.5 Å². The average Bonchev–Trinajstić information content (AvgIpc) is 3.61. The number of amides is 2. The lowest BCUT2D eigenvalue weighted by atomic mass is 9.97. The molecule has 4 rings (SSSR count). The zero-order valence-electron chi connectivity index (χ0n) is 23.1. The van der Waals surface area contributed by atoms with Crippen LogP contribution in [0.3, 0.4) is 0 Å². The molecule has 2 aromatic carbocycles. The molecule has 2 aromatic rings. The third-order valence-electron chi connectivity index (χ3n) is 7.91. The number of halogens is 1. The van der Waals surface area contributed by atoms with Crippen LogP contribution >= 0.6 is 11.6 Å². The van der Waals surface area contributed by atoms with Gasteiger partial charge in [0.25, 0.3) is 0 Å². The van der Waals surface area contributed by atoms with Crippen LogP contribution < -0.4 is 5.73 Å². The highest BCUT2D eigenvalue weighted by atomic mass is 35.5. The van der Waals surface area contributed by atoms with Crippen molar-refractivity contribution in [2.75, 3.05) is 25.4 Å². The molecule has 9 nitrogen and oxygen atoms in total. The number of hydrogen-bond donors (Lipinski definition) is 2. The molecule has 0 unspecified atom stereocenters. The molecule has 11 heteroatoms. The van der Waals surface area contributed by atoms with Gasteiger partial charge in [0.1, 0.15) is 0 Å². The first-order valence-electron chi connectivity index (χ1n) is 14.1. The molecule has 2 aliphatic rings. The Morgan fingerprint density at radius 2 is 1.80 bits per heavy atom. The summed E-state index contributed by atoms with van der Waals surface area (Å²) >= 11 is 6.14. The summed E-state index contributed by atoms with van der Waals surface area (Å²) in [5, 5.41) is 10.4. The van der Waals surface area contributed by atoms with Gasteiger partial charge >= 0.3 is 0 Å². The molecule has 0 saturated carbocycles. The Labute approximate surface area is 246 Å². The van der Waals surface area contributed by atoms with Crippen LogP contribution in [0.2, 0.25) is 5.02 Å². The molecule has 3 atom stereocenters. The Morgan fingerprint density at radius 3 is 2.49 bits per heavy atom. The highest BCUT2D eigenvalue weighted by Gasteiger charge is 2.40. The number of ketones is 1. The highest BCUT2D eigenvalue weighted by molar-refractivity contribution is 7.90. The molecule has 2 fully saturated rings. The summed E-state index contributed by atoms with van der Waals surface area (Å²) in [6.45, 7) is 1.16. The lowest BCUT2D eigenvalue weighted by Gasteiger charge is -2.29. The summed E-state index contributed by atoms with van der Waals surface area (Å²) in [5.41, 5.74) is 8.22. The van der Waals surface area contributed by atoms with Crippen molar-refractivity contribution in [1.29, 1.82) is 0 Å². The highest BCUT2D eigenvalue weighted by Crippen LogP contribution is 2.26. The largest absolute Gasteiger partial charge is 0.391 e. The minimum Gasteiger partial charge on any atom is -0.391 e. The normalized spacial score (nSPS) is 19.9. The lowest BCUT2D eigenvalue weighted by molar-refractivity contribution is -0.143. The molecule has 2 heterocycles. The number of aryl methyl sites for hydroxylation is 1. The fourth-order valence-corrected chi connectivity index (χ4v) is 7.66. The van der Waals surface area contributed by atoms with E-state index in [4.69, 9.17) is 17.3 Å². The van der Waals surface area contributed by atoms with E-state index in [1.54, 1.807) is 42.5 Å². The summed E-state index contributed by atoms with van der Waals surface area (Å²) in [6, 6.07) is 13.4. The van der Waals surface area contributed by atoms with E-state index in [1.165, 1.54) is 9.80 Å². The van der Waals surface area contributed by atoms with Gasteiger partial charge in [-0.2, -0.15) is 0 Å². The van der Waals surface area contributed by atoms with Crippen LogP contribution in [0, 0.1) is 5.92 Å². The number of carbonyl (C=O) groups excluding carboxylic acids is 3. The third kappa shape index (κ3) is 8.38. The van der Waals surface area contributed by atoms with Gasteiger partial charge < -0.3 is 20.6 Å². The van der Waals surface area contributed by atoms with E-state index in [1.807, 2.05) is 6.07 Å². The second-order valence-corrected chi connectivity index (χ2v) is 13.5. The number of hydrogen-bond acceptors (Lipinski definition) is 7. The predicted molar refractivity (Wildman–Crippen MR) is 157 cm³/mol. The number of likely N-dealkylation sites (tertiary alicyclic amines) is 2. The van der Waals surface area contributed by atoms with Gasteiger partial charge in [-0.05, 0) is 54.5 Å². The number of aliphatic hydroxyl groups excluding tert-OH is 1. The van der Waals surface area contributed by atoms with Gasteiger partial charge in [-0.25, -0.2) is 8.42 Å². The first-order valence-corrected chi connectivity index (χ1v) is 16.3. The van der Waals surface area contributed by atoms with Gasteiger partial charge in [0, 0.05) is 44.0 Å². The second-order valence-electron chi connectivity index (χ2n) is 11.0. The van der Waals surface area contributed by atoms with Gasteiger partial charge in [0.2, 0.25) is 11.8 Å². The van der Waals surface area contributed by atoms with E-state index in [0.29, 0.717) is 55.9 Å². The van der Waals surface area contributed by atoms with Gasteiger partial charge in [-0.15, -0.1) is 0 Å². The monoisotopic (exact) mass is 603 g/mol. The Bertz CT molecular complexity index is 1350. The number of nitrogens with zero attached hydrogens (tertiary/aromatic N) is 2. The fraction of sp³-hybridized carbons (Fsp3) is 0.500. The standard InChI is InChI=1S/C30H38ClN3O6S/c31-25-10-8-23(17-32)22(15-25)9-11-28(36)27-7-4-13-34(27)30(38)24(16-29(37)33-14-12-26(35)18-33)20-41(39,40)19-21-5-2-1-3-6-21/h1-3,5-6,8,10,15,24,26-27,35H,4,7,9,11-14,16-20,32H2/t24-,26+,27-/m0/s1. The summed E-state index contributed by atoms with van der Waals surface area (Å²) in [5.74, 6) is -2.84. The Kier molecular flexibility index (Phi) is 10.6. The summed E-state index contributed by atoms with van der Waals surface area (Å²) in [6.07, 6.45) is 1.23. The zero-order chi connectivity index (χ0) is 29.6. The molecule has 0 bridgehead atoms. The minimum atomic E-state index is -3.76. The van der Waals surface area contributed by atoms with Gasteiger partial charge in [0.05, 0.1) is 29.6 Å². The molecule has 0 radical (unpaired) electrons. The predicted octanol–water partition coefficient (Wildman–Crippen LogP) is 2.51. The minimum absolute atomic E-state index is 0.112. The van der Waals surface area contributed by atoms with Crippen LogP contribution in [-0.2, 0) is 42.9 Å². The van der Waals surface area contributed by atoms with Crippen molar-refractivity contribution < 1.29 is 27.9 Å². The number of rotatable bonds is 12. The van der Waals surface area contributed by atoms with Crippen LogP contribution in [0.25, 0.3) is 0 Å². The van der Waals surface area contributed by atoms with E-state index < -0.39 is 39.6 Å². The lowest BCUT2D eigenvalue weighted by Crippen LogP contribution is -2.46. The van der Waals surface area contributed by atoms with E-state index in [2.05, 4.69) is 0 Å². The maximum Gasteiger partial charge on any atom is 0.227 e. The fourth-order valence-electron chi connectivity index (χ4n) is 5.77. The molecule has 41 heavy (non-hydrogen) atoms. The smallest absolute Gasteiger partial charge is 0.227 e. The number of Topliss-reactive ketones (excluding diaryl/α,β-unsaturated/α-hetero) is 1. The van der Waals surface area contributed by atoms with Crippen molar-refractivity contribution in [2.24, 2.45) is 11.7 Å². The molecule has 0 aromatic heterocycles. The molecular formula is C30H38ClN3O6S. The van der Waals surface area contributed by atoms with Crippen molar-refractivity contribution in [3.63, 3.8) is 0 Å². The number of aliphatic hydroxyl groups is 1. The first-order chi connectivity index (χ1) is 19.6. The summed E-state index contributed by atoms with van der Waals surface area (Å²) in [4.78, 5) is 43.3. The average molecular weight is 604 g/mol. The molecule has 2 amide bonds. The number of β-amino-alcohol motifs (C(OH)–C–C–N with tert-alkyl or cyclic N) is 1. The van der Waals surface area contributed by atoms with Crippen LogP contribution in [0.5, 0.6) is 0 Å². The number of nitrogens with two attached hydrogens (primary N) is 1. The molecule has 3 N–H and O–H groups in total. The molecule has 0 spiro atoms. The topological polar surface area (TPSA) is 138 Å². The zero-order valence-corrected chi connectivity index (χ0v) is 24.7. The third-order valence-corrected chi connectivity index (χ3v) is 9.83. The van der Waals surface area contributed by atoms with Crippen molar-refractivity contribution >= 4 is 39.0 Å². The second kappa shape index (κ2) is 13.9. The quantitative estimate of drug-likeness (QED) is 0.380. The molecule has 2 saturated heterocycles. The summed E-state index contributed by atoms with van der Waals surface area (Å²) in [7, 11) is -3.76. The Balaban J connectivity index is 1.49. The number of sulfone groups is 1. The number of carbonyl (C=O) groups is 3. The van der Waals surface area contributed by atoms with Crippen LogP contribution in [0.1, 0.15) is 48.8 Å². The van der Waals surface area contributed by atoms with Gasteiger partial charge in [-0.1, -0.05) is 48.0 Å². The van der Waals surface area contributed by atoms with Crippen LogP contribution in [0.4, 0.5) is 0 Å². The van der Waals surface area contributed by atoms with Crippen molar-refractivity contribution in [1.82, 2.24) is 9.80 Å². The molecule has 0 aliphatic carbocycles. The van der Waals surface area contributed by atoms with Crippen molar-refractivity contribution in [2.45, 2.75) is 63.0 Å². The van der Waals surface area contributed by atoms with Crippen molar-refractivity contribution in [3.05, 3.63) is 70.2 Å². The maximum absolute atomic E-state index is 13.9. The van der Waals surface area contributed by atoms with E-state index in [9.17, 15) is 27.9 Å². The Hall–Kier alpha value is -2.79. The molecule has 222 valence electrons. The molecule has 2 aliphatic heterocycles. The van der Waals surface area contributed by atoms with Gasteiger partial charge in [-0.3, -0.25) is 14.4 Å². The van der Waals surface area contributed by atoms with E-state index >= 15 is 0 Å². The van der Waals surface area contributed by atoms with E-state index in [0.717, 1.165) is 11.1 Å². The molecular weight excluding hydrogens is 566 g/mol. The Morgan fingerprint density at radius 1 is 1.05 bits per heavy atom. The number of benzene rings is 2.